The molecule has 1 fully saturated rings. The Balaban J connectivity index is 0.000000921. The predicted molar refractivity (Wildman–Crippen MR) is 68.1 cm³/mol. The molecular weight excluding hydrogens is 184 g/mol. The number of hydrogen-bond acceptors (Lipinski definition) is 1. The van der Waals surface area contributed by atoms with Crippen molar-refractivity contribution >= 4 is 0 Å². The van der Waals surface area contributed by atoms with Gasteiger partial charge in [-0.3, -0.25) is 0 Å². The molecule has 1 unspecified atom stereocenters. The molecule has 1 aliphatic heterocycles. The van der Waals surface area contributed by atoms with Crippen LogP contribution in [0.4, 0.5) is 0 Å². The van der Waals surface area contributed by atoms with Crippen LogP contribution in [0.25, 0.3) is 0 Å². The highest BCUT2D eigenvalue weighted by Crippen LogP contribution is 2.16. The predicted octanol–water partition coefficient (Wildman–Crippen LogP) is 4.49. The summed E-state index contributed by atoms with van der Waals surface area (Å²) in [5, 5.41) is 0. The van der Waals surface area contributed by atoms with E-state index in [1.165, 1.54) is 19.3 Å². The summed E-state index contributed by atoms with van der Waals surface area (Å²) in [6.45, 7) is 7.13. The summed E-state index contributed by atoms with van der Waals surface area (Å²) < 4.78 is 5.53. The van der Waals surface area contributed by atoms with Crippen LogP contribution in [0.15, 0.2) is 24.3 Å². The molecule has 15 heavy (non-hydrogen) atoms. The Kier molecular flexibility index (Phi) is 11.1. The van der Waals surface area contributed by atoms with Crippen molar-refractivity contribution in [1.82, 2.24) is 0 Å². The Morgan fingerprint density at radius 3 is 2.53 bits per heavy atom. The molecule has 88 valence electrons. The average molecular weight is 210 g/mol. The molecular formula is C14H26O. The fourth-order valence-corrected chi connectivity index (χ4v) is 1.54. The zero-order valence-corrected chi connectivity index (χ0v) is 10.5. The third-order valence-electron chi connectivity index (χ3n) is 2.30. The van der Waals surface area contributed by atoms with Crippen LogP contribution in [0.2, 0.25) is 0 Å². The summed E-state index contributed by atoms with van der Waals surface area (Å²) in [5.41, 5.74) is 0. The maximum Gasteiger partial charge on any atom is 0.0579 e. The second-order valence-electron chi connectivity index (χ2n) is 3.48. The van der Waals surface area contributed by atoms with Gasteiger partial charge < -0.3 is 4.74 Å². The molecule has 1 nitrogen and oxygen atoms in total. The summed E-state index contributed by atoms with van der Waals surface area (Å²) in [7, 11) is 0. The topological polar surface area (TPSA) is 9.23 Å². The van der Waals surface area contributed by atoms with Crippen molar-refractivity contribution in [2.45, 2.75) is 59.0 Å². The molecule has 1 atom stereocenters. The molecule has 0 aromatic heterocycles. The average Bonchev–Trinajstić information content (AvgIpc) is 2.79. The summed E-state index contributed by atoms with van der Waals surface area (Å²) in [5.74, 6) is 0. The Morgan fingerprint density at radius 2 is 1.93 bits per heavy atom. The SMILES string of the molecule is CC.CC/C=C\C=C/CCC1CCCO1. The smallest absolute Gasteiger partial charge is 0.0579 e. The molecule has 0 bridgehead atoms. The van der Waals surface area contributed by atoms with Gasteiger partial charge in [0.15, 0.2) is 0 Å². The zero-order valence-electron chi connectivity index (χ0n) is 10.5. The third kappa shape index (κ3) is 8.44. The molecule has 1 heteroatoms. The van der Waals surface area contributed by atoms with E-state index in [0.717, 1.165) is 19.4 Å². The molecule has 0 N–H and O–H groups in total. The quantitative estimate of drug-likeness (QED) is 0.607. The summed E-state index contributed by atoms with van der Waals surface area (Å²) in [6.07, 6.45) is 15.2. The summed E-state index contributed by atoms with van der Waals surface area (Å²) >= 11 is 0. The van der Waals surface area contributed by atoms with E-state index in [0.29, 0.717) is 6.10 Å². The van der Waals surface area contributed by atoms with E-state index in [2.05, 4.69) is 31.2 Å². The lowest BCUT2D eigenvalue weighted by Gasteiger charge is -2.05. The molecule has 0 amide bonds. The van der Waals surface area contributed by atoms with Crippen LogP contribution in [-0.4, -0.2) is 12.7 Å². The van der Waals surface area contributed by atoms with E-state index in [1.54, 1.807) is 0 Å². The van der Waals surface area contributed by atoms with Gasteiger partial charge in [-0.1, -0.05) is 45.1 Å². The second kappa shape index (κ2) is 11.5. The molecule has 0 aliphatic carbocycles. The normalized spacial score (nSPS) is 20.9. The standard InChI is InChI=1S/C12H20O.C2H6/c1-2-3-4-5-6-7-9-12-10-8-11-13-12;1-2/h3-6,12H,2,7-11H2,1H3;1-2H3/b4-3-,6-5-;. The first kappa shape index (κ1) is 14.4. The monoisotopic (exact) mass is 210 g/mol. The minimum Gasteiger partial charge on any atom is -0.378 e. The van der Waals surface area contributed by atoms with Crippen LogP contribution in [-0.2, 0) is 4.74 Å². The van der Waals surface area contributed by atoms with Crippen molar-refractivity contribution in [3.63, 3.8) is 0 Å². The number of rotatable bonds is 5. The van der Waals surface area contributed by atoms with Crippen molar-refractivity contribution in [3.8, 4) is 0 Å². The number of hydrogen-bond donors (Lipinski definition) is 0. The molecule has 0 aromatic carbocycles. The first-order valence-corrected chi connectivity index (χ1v) is 6.36. The van der Waals surface area contributed by atoms with Crippen molar-refractivity contribution in [3.05, 3.63) is 24.3 Å². The molecule has 1 saturated heterocycles. The minimum atomic E-state index is 0.541. The molecule has 0 saturated carbocycles. The Hall–Kier alpha value is -0.560. The van der Waals surface area contributed by atoms with Crippen molar-refractivity contribution < 1.29 is 4.74 Å². The maximum atomic E-state index is 5.53. The van der Waals surface area contributed by atoms with Crippen LogP contribution in [0.5, 0.6) is 0 Å². The number of allylic oxidation sites excluding steroid dienone is 4. The van der Waals surface area contributed by atoms with Gasteiger partial charge in [0.2, 0.25) is 0 Å². The molecule has 0 aromatic rings. The van der Waals surface area contributed by atoms with Gasteiger partial charge in [-0.15, -0.1) is 0 Å². The minimum absolute atomic E-state index is 0.541. The Bertz CT molecular complexity index is 164. The highest BCUT2D eigenvalue weighted by molar-refractivity contribution is 5.01. The van der Waals surface area contributed by atoms with E-state index in [9.17, 15) is 0 Å². The lowest BCUT2D eigenvalue weighted by atomic mass is 10.1. The molecule has 0 radical (unpaired) electrons. The van der Waals surface area contributed by atoms with Gasteiger partial charge in [0.05, 0.1) is 6.10 Å². The van der Waals surface area contributed by atoms with E-state index < -0.39 is 0 Å². The first-order valence-electron chi connectivity index (χ1n) is 6.36. The molecule has 1 heterocycles. The van der Waals surface area contributed by atoms with Gasteiger partial charge in [0.1, 0.15) is 0 Å². The van der Waals surface area contributed by atoms with Gasteiger partial charge in [-0.05, 0) is 32.1 Å². The highest BCUT2D eigenvalue weighted by atomic mass is 16.5. The molecule has 0 spiro atoms. The van der Waals surface area contributed by atoms with Crippen LogP contribution in [0.1, 0.15) is 52.9 Å². The Labute approximate surface area is 95.2 Å². The van der Waals surface area contributed by atoms with E-state index in [4.69, 9.17) is 4.74 Å². The fourth-order valence-electron chi connectivity index (χ4n) is 1.54. The maximum absolute atomic E-state index is 5.53. The van der Waals surface area contributed by atoms with Crippen molar-refractivity contribution in [2.75, 3.05) is 6.61 Å². The summed E-state index contributed by atoms with van der Waals surface area (Å²) in [4.78, 5) is 0. The highest BCUT2D eigenvalue weighted by Gasteiger charge is 2.13. The van der Waals surface area contributed by atoms with Gasteiger partial charge >= 0.3 is 0 Å². The third-order valence-corrected chi connectivity index (χ3v) is 2.30. The van der Waals surface area contributed by atoms with Crippen LogP contribution in [0, 0.1) is 0 Å². The lowest BCUT2D eigenvalue weighted by molar-refractivity contribution is 0.105. The lowest BCUT2D eigenvalue weighted by Crippen LogP contribution is -2.02. The van der Waals surface area contributed by atoms with Gasteiger partial charge in [0, 0.05) is 6.61 Å². The molecule has 1 rings (SSSR count). The van der Waals surface area contributed by atoms with Gasteiger partial charge in [-0.2, -0.15) is 0 Å². The van der Waals surface area contributed by atoms with Gasteiger partial charge in [0.25, 0.3) is 0 Å². The Morgan fingerprint density at radius 1 is 1.20 bits per heavy atom. The van der Waals surface area contributed by atoms with Crippen LogP contribution < -0.4 is 0 Å². The molecule has 1 aliphatic rings. The zero-order chi connectivity index (χ0) is 11.4. The van der Waals surface area contributed by atoms with Crippen LogP contribution in [0.3, 0.4) is 0 Å². The van der Waals surface area contributed by atoms with Gasteiger partial charge in [-0.25, -0.2) is 0 Å². The fraction of sp³-hybridized carbons (Fsp3) is 0.714. The largest absolute Gasteiger partial charge is 0.378 e. The van der Waals surface area contributed by atoms with E-state index in [-0.39, 0.29) is 0 Å². The van der Waals surface area contributed by atoms with E-state index >= 15 is 0 Å². The van der Waals surface area contributed by atoms with E-state index in [1.807, 2.05) is 13.8 Å². The summed E-state index contributed by atoms with van der Waals surface area (Å²) in [6, 6.07) is 0. The second-order valence-corrected chi connectivity index (χ2v) is 3.48. The van der Waals surface area contributed by atoms with Crippen LogP contribution >= 0.6 is 0 Å². The first-order chi connectivity index (χ1) is 7.43. The van der Waals surface area contributed by atoms with Crippen molar-refractivity contribution in [2.24, 2.45) is 0 Å². The number of ether oxygens (including phenoxy) is 1. The van der Waals surface area contributed by atoms with Crippen molar-refractivity contribution in [1.29, 1.82) is 0 Å².